The van der Waals surface area contributed by atoms with E-state index >= 15 is 0 Å². The minimum absolute atomic E-state index is 0.252. The molecule has 0 bridgehead atoms. The maximum Gasteiger partial charge on any atom is 0.249 e. The van der Waals surface area contributed by atoms with Gasteiger partial charge in [-0.25, -0.2) is 0 Å². The van der Waals surface area contributed by atoms with Gasteiger partial charge in [0.1, 0.15) is 0 Å². The van der Waals surface area contributed by atoms with Gasteiger partial charge in [-0.2, -0.15) is 9.98 Å². The molecule has 0 spiro atoms. The zero-order chi connectivity index (χ0) is 11.4. The van der Waals surface area contributed by atoms with Gasteiger partial charge in [-0.3, -0.25) is 5.32 Å². The summed E-state index contributed by atoms with van der Waals surface area (Å²) in [6, 6.07) is 0.503. The van der Waals surface area contributed by atoms with Crippen molar-refractivity contribution in [1.29, 1.82) is 0 Å². The van der Waals surface area contributed by atoms with Crippen LogP contribution in [-0.4, -0.2) is 35.5 Å². The van der Waals surface area contributed by atoms with Gasteiger partial charge in [0.2, 0.25) is 18.3 Å². The SMILES string of the molecule is CC(C)NC1=NC(O)N=C(NC(C)C)N1. The molecule has 4 N–H and O–H groups in total. The minimum atomic E-state index is -1.03. The number of nitrogens with one attached hydrogen (secondary N) is 3. The van der Waals surface area contributed by atoms with Gasteiger partial charge in [-0.05, 0) is 27.7 Å². The Morgan fingerprint density at radius 2 is 1.47 bits per heavy atom. The van der Waals surface area contributed by atoms with Crippen molar-refractivity contribution in [3.05, 3.63) is 0 Å². The molecule has 0 aromatic rings. The Hall–Kier alpha value is -1.30. The van der Waals surface area contributed by atoms with Crippen molar-refractivity contribution in [1.82, 2.24) is 16.0 Å². The molecule has 0 unspecified atom stereocenters. The van der Waals surface area contributed by atoms with Gasteiger partial charge in [0.25, 0.3) is 0 Å². The molecule has 1 aliphatic heterocycles. The van der Waals surface area contributed by atoms with Crippen molar-refractivity contribution >= 4 is 11.9 Å². The average molecular weight is 213 g/mol. The molecule has 15 heavy (non-hydrogen) atoms. The predicted octanol–water partition coefficient (Wildman–Crippen LogP) is -0.426. The minimum Gasteiger partial charge on any atom is -0.354 e. The monoisotopic (exact) mass is 213 g/mol. The predicted molar refractivity (Wildman–Crippen MR) is 60.6 cm³/mol. The summed E-state index contributed by atoms with van der Waals surface area (Å²) in [6.45, 7) is 7.99. The van der Waals surface area contributed by atoms with E-state index in [0.29, 0.717) is 11.9 Å². The highest BCUT2D eigenvalue weighted by molar-refractivity contribution is 6.00. The average Bonchev–Trinajstić information content (AvgIpc) is 1.98. The van der Waals surface area contributed by atoms with Crippen LogP contribution in [0.4, 0.5) is 0 Å². The van der Waals surface area contributed by atoms with E-state index in [2.05, 4.69) is 25.9 Å². The number of rotatable bonds is 2. The van der Waals surface area contributed by atoms with Crippen molar-refractivity contribution in [2.45, 2.75) is 46.1 Å². The molecule has 1 aliphatic rings. The second kappa shape index (κ2) is 4.97. The largest absolute Gasteiger partial charge is 0.354 e. The van der Waals surface area contributed by atoms with Gasteiger partial charge in [0, 0.05) is 12.1 Å². The molecule has 1 heterocycles. The lowest BCUT2D eigenvalue weighted by molar-refractivity contribution is 0.191. The summed E-state index contributed by atoms with van der Waals surface area (Å²) in [5.74, 6) is 1.08. The van der Waals surface area contributed by atoms with Crippen molar-refractivity contribution in [2.75, 3.05) is 0 Å². The molecule has 0 amide bonds. The van der Waals surface area contributed by atoms with Crippen LogP contribution in [0.2, 0.25) is 0 Å². The molecular weight excluding hydrogens is 194 g/mol. The van der Waals surface area contributed by atoms with E-state index in [-0.39, 0.29) is 12.1 Å². The van der Waals surface area contributed by atoms with Crippen LogP contribution in [0.25, 0.3) is 0 Å². The van der Waals surface area contributed by atoms with Crippen molar-refractivity contribution in [2.24, 2.45) is 9.98 Å². The Bertz CT molecular complexity index is 246. The first kappa shape index (κ1) is 11.8. The van der Waals surface area contributed by atoms with E-state index in [9.17, 15) is 5.11 Å². The van der Waals surface area contributed by atoms with E-state index in [4.69, 9.17) is 0 Å². The van der Waals surface area contributed by atoms with Crippen molar-refractivity contribution in [3.63, 3.8) is 0 Å². The van der Waals surface area contributed by atoms with Crippen LogP contribution >= 0.6 is 0 Å². The van der Waals surface area contributed by atoms with E-state index < -0.39 is 6.35 Å². The molecule has 1 rings (SSSR count). The summed E-state index contributed by atoms with van der Waals surface area (Å²) in [7, 11) is 0. The van der Waals surface area contributed by atoms with Crippen LogP contribution in [-0.2, 0) is 0 Å². The molecule has 0 atom stereocenters. The molecule has 0 aliphatic carbocycles. The van der Waals surface area contributed by atoms with Crippen LogP contribution in [0.15, 0.2) is 9.98 Å². The molecule has 0 aromatic carbocycles. The summed E-state index contributed by atoms with van der Waals surface area (Å²) < 4.78 is 0. The number of aliphatic hydroxyl groups is 1. The summed E-state index contributed by atoms with van der Waals surface area (Å²) in [6.07, 6.45) is -1.03. The fourth-order valence-corrected chi connectivity index (χ4v) is 1.13. The number of hydrogen-bond acceptors (Lipinski definition) is 6. The van der Waals surface area contributed by atoms with Crippen molar-refractivity contribution in [3.8, 4) is 0 Å². The van der Waals surface area contributed by atoms with E-state index in [1.165, 1.54) is 0 Å². The molecule has 0 saturated carbocycles. The number of nitrogens with zero attached hydrogens (tertiary/aromatic N) is 2. The standard InChI is InChI=1S/C9H19N5O/c1-5(2)10-7-12-8(11-6(3)4)14-9(15)13-7/h5-6,9,15H,1-4H3,(H3,10,11,12,13,14). The first-order valence-corrected chi connectivity index (χ1v) is 5.11. The topological polar surface area (TPSA) is 81.0 Å². The van der Waals surface area contributed by atoms with Crippen LogP contribution in [0.3, 0.4) is 0 Å². The molecule has 0 radical (unpaired) electrons. The Balaban J connectivity index is 2.58. The fraction of sp³-hybridized carbons (Fsp3) is 0.778. The number of aliphatic hydroxyl groups excluding tert-OH is 1. The summed E-state index contributed by atoms with van der Waals surface area (Å²) >= 11 is 0. The molecule has 86 valence electrons. The summed E-state index contributed by atoms with van der Waals surface area (Å²) in [5.41, 5.74) is 0. The summed E-state index contributed by atoms with van der Waals surface area (Å²) in [5, 5.41) is 18.5. The fourth-order valence-electron chi connectivity index (χ4n) is 1.13. The van der Waals surface area contributed by atoms with Gasteiger partial charge in [0.05, 0.1) is 0 Å². The maximum atomic E-state index is 9.38. The zero-order valence-electron chi connectivity index (χ0n) is 9.57. The number of hydrogen-bond donors (Lipinski definition) is 4. The Kier molecular flexibility index (Phi) is 3.90. The number of aliphatic imine (C=N–C) groups is 2. The van der Waals surface area contributed by atoms with Crippen LogP contribution < -0.4 is 16.0 Å². The maximum absolute atomic E-state index is 9.38. The lowest BCUT2D eigenvalue weighted by atomic mass is 10.4. The smallest absolute Gasteiger partial charge is 0.249 e. The van der Waals surface area contributed by atoms with Gasteiger partial charge < -0.3 is 15.7 Å². The zero-order valence-corrected chi connectivity index (χ0v) is 9.57. The highest BCUT2D eigenvalue weighted by Crippen LogP contribution is 1.95. The van der Waals surface area contributed by atoms with Gasteiger partial charge in [-0.1, -0.05) is 0 Å². The van der Waals surface area contributed by atoms with Gasteiger partial charge in [0.15, 0.2) is 0 Å². The first-order valence-electron chi connectivity index (χ1n) is 5.11. The quantitative estimate of drug-likeness (QED) is 0.502. The molecule has 6 nitrogen and oxygen atoms in total. The highest BCUT2D eigenvalue weighted by Gasteiger charge is 2.14. The molecule has 0 aromatic heterocycles. The molecule has 0 fully saturated rings. The van der Waals surface area contributed by atoms with Crippen LogP contribution in [0, 0.1) is 0 Å². The third kappa shape index (κ3) is 4.16. The summed E-state index contributed by atoms with van der Waals surface area (Å²) in [4.78, 5) is 7.80. The van der Waals surface area contributed by atoms with E-state index in [1.807, 2.05) is 27.7 Å². The molecular formula is C9H19N5O. The Morgan fingerprint density at radius 3 is 1.80 bits per heavy atom. The molecule has 0 saturated heterocycles. The third-order valence-electron chi connectivity index (χ3n) is 1.58. The van der Waals surface area contributed by atoms with Crippen LogP contribution in [0.1, 0.15) is 27.7 Å². The Labute approximate surface area is 89.9 Å². The van der Waals surface area contributed by atoms with Gasteiger partial charge in [-0.15, -0.1) is 0 Å². The highest BCUT2D eigenvalue weighted by atomic mass is 16.3. The lowest BCUT2D eigenvalue weighted by Crippen LogP contribution is -2.53. The normalized spacial score (nSPS) is 17.3. The second-order valence-corrected chi connectivity index (χ2v) is 4.02. The number of guanidine groups is 2. The molecule has 6 heteroatoms. The Morgan fingerprint density at radius 1 is 1.07 bits per heavy atom. The van der Waals surface area contributed by atoms with Crippen LogP contribution in [0.5, 0.6) is 0 Å². The lowest BCUT2D eigenvalue weighted by Gasteiger charge is -2.22. The van der Waals surface area contributed by atoms with Crippen molar-refractivity contribution < 1.29 is 5.11 Å². The van der Waals surface area contributed by atoms with Gasteiger partial charge >= 0.3 is 0 Å². The van der Waals surface area contributed by atoms with E-state index in [0.717, 1.165) is 0 Å². The second-order valence-electron chi connectivity index (χ2n) is 4.02. The third-order valence-corrected chi connectivity index (χ3v) is 1.58. The van der Waals surface area contributed by atoms with E-state index in [1.54, 1.807) is 0 Å². The first-order chi connectivity index (χ1) is 6.97.